The van der Waals surface area contributed by atoms with E-state index in [0.29, 0.717) is 0 Å². The molecule has 0 fully saturated rings. The zero-order valence-corrected chi connectivity index (χ0v) is 23.3. The fraction of sp³-hybridized carbons (Fsp3) is 0.0789. The van der Waals surface area contributed by atoms with Gasteiger partial charge in [-0.05, 0) is 67.7 Å². The Morgan fingerprint density at radius 3 is 2.37 bits per heavy atom. The highest BCUT2D eigenvalue weighted by molar-refractivity contribution is 6.14. The zero-order valence-electron chi connectivity index (χ0n) is 23.3. The van der Waals surface area contributed by atoms with Gasteiger partial charge in [-0.2, -0.15) is 0 Å². The van der Waals surface area contributed by atoms with Crippen LogP contribution >= 0.6 is 0 Å². The van der Waals surface area contributed by atoms with Crippen LogP contribution in [0.1, 0.15) is 34.8 Å². The summed E-state index contributed by atoms with van der Waals surface area (Å²) < 4.78 is 6.23. The summed E-state index contributed by atoms with van der Waals surface area (Å²) in [5.74, 6) is 1.69. The second kappa shape index (κ2) is 9.58. The Balaban J connectivity index is 1.22. The van der Waals surface area contributed by atoms with Crippen molar-refractivity contribution in [2.75, 3.05) is 11.9 Å². The van der Waals surface area contributed by atoms with Crippen molar-refractivity contribution in [1.82, 2.24) is 10.6 Å². The molecule has 6 aromatic carbocycles. The van der Waals surface area contributed by atoms with Crippen molar-refractivity contribution in [1.29, 1.82) is 0 Å². The summed E-state index contributed by atoms with van der Waals surface area (Å²) in [5.41, 5.74) is 5.17. The minimum absolute atomic E-state index is 0.156. The number of hydrogen-bond donors (Lipinski definition) is 3. The first-order valence-electron chi connectivity index (χ1n) is 14.8. The topological polar surface area (TPSA) is 61.6 Å². The van der Waals surface area contributed by atoms with E-state index in [1.54, 1.807) is 0 Å². The predicted octanol–water partition coefficient (Wildman–Crippen LogP) is 8.67. The molecule has 0 bridgehead atoms. The summed E-state index contributed by atoms with van der Waals surface area (Å²) in [4.78, 5) is 5.33. The summed E-state index contributed by atoms with van der Waals surface area (Å²) in [6.45, 7) is 0.769. The summed E-state index contributed by atoms with van der Waals surface area (Å²) in [7, 11) is 0. The number of amidine groups is 1. The minimum atomic E-state index is -0.262. The lowest BCUT2D eigenvalue weighted by atomic mass is 9.98. The Kier molecular flexibility index (Phi) is 5.40. The monoisotopic (exact) mass is 556 g/mol. The molecule has 3 N–H and O–H groups in total. The summed E-state index contributed by atoms with van der Waals surface area (Å²) >= 11 is 0. The SMILES string of the molecule is C1=Cc2oc3cccc(C4=NC(c5ccc6ccc7ccccc7c6c5)NC(c5ccc6ccccc6c5)N4)c3c2NC1. The Morgan fingerprint density at radius 2 is 1.44 bits per heavy atom. The quantitative estimate of drug-likeness (QED) is 0.191. The highest BCUT2D eigenvalue weighted by Gasteiger charge is 2.28. The van der Waals surface area contributed by atoms with E-state index in [1.807, 2.05) is 18.2 Å². The molecule has 2 aliphatic rings. The van der Waals surface area contributed by atoms with Crippen molar-refractivity contribution < 1.29 is 4.42 Å². The maximum atomic E-state index is 6.23. The van der Waals surface area contributed by atoms with E-state index in [4.69, 9.17) is 9.41 Å². The van der Waals surface area contributed by atoms with Crippen LogP contribution in [0.25, 0.3) is 49.4 Å². The van der Waals surface area contributed by atoms with Crippen LogP contribution in [0.4, 0.5) is 5.69 Å². The molecule has 0 saturated heterocycles. The average molecular weight is 557 g/mol. The lowest BCUT2D eigenvalue weighted by Crippen LogP contribution is -2.45. The third-order valence-corrected chi connectivity index (χ3v) is 8.72. The van der Waals surface area contributed by atoms with Crippen molar-refractivity contribution in [3.8, 4) is 0 Å². The molecule has 1 aromatic heterocycles. The molecule has 5 heteroatoms. The maximum absolute atomic E-state index is 6.23. The zero-order chi connectivity index (χ0) is 28.3. The van der Waals surface area contributed by atoms with Crippen LogP contribution in [0, 0.1) is 0 Å². The van der Waals surface area contributed by atoms with E-state index in [2.05, 4.69) is 125 Å². The van der Waals surface area contributed by atoms with Gasteiger partial charge in [0.15, 0.2) is 5.76 Å². The molecule has 0 radical (unpaired) electrons. The fourth-order valence-electron chi connectivity index (χ4n) is 6.60. The van der Waals surface area contributed by atoms with Gasteiger partial charge < -0.3 is 15.1 Å². The van der Waals surface area contributed by atoms with Gasteiger partial charge in [0, 0.05) is 12.1 Å². The van der Waals surface area contributed by atoms with E-state index in [9.17, 15) is 0 Å². The molecule has 2 unspecified atom stereocenters. The lowest BCUT2D eigenvalue weighted by molar-refractivity contribution is 0.409. The van der Waals surface area contributed by atoms with Gasteiger partial charge in [0.1, 0.15) is 23.8 Å². The van der Waals surface area contributed by atoms with Gasteiger partial charge in [0.2, 0.25) is 0 Å². The number of fused-ring (bicyclic) bond motifs is 7. The normalized spacial score (nSPS) is 18.0. The molecule has 5 nitrogen and oxygen atoms in total. The number of rotatable bonds is 3. The Bertz CT molecular complexity index is 2280. The number of aliphatic imine (C=N–C) groups is 1. The highest BCUT2D eigenvalue weighted by Crippen LogP contribution is 2.38. The Labute approximate surface area is 248 Å². The molecule has 3 heterocycles. The molecule has 9 rings (SSSR count). The van der Waals surface area contributed by atoms with E-state index >= 15 is 0 Å². The third kappa shape index (κ3) is 4.01. The van der Waals surface area contributed by atoms with Crippen LogP contribution in [0.2, 0.25) is 0 Å². The number of nitrogens with one attached hydrogen (secondary N) is 3. The molecule has 0 spiro atoms. The van der Waals surface area contributed by atoms with Crippen molar-refractivity contribution in [3.05, 3.63) is 144 Å². The van der Waals surface area contributed by atoms with Crippen LogP contribution < -0.4 is 16.0 Å². The van der Waals surface area contributed by atoms with E-state index in [-0.39, 0.29) is 12.3 Å². The minimum Gasteiger partial charge on any atom is -0.454 e. The second-order valence-corrected chi connectivity index (χ2v) is 11.3. The van der Waals surface area contributed by atoms with Crippen molar-refractivity contribution in [2.24, 2.45) is 4.99 Å². The first-order chi connectivity index (χ1) is 21.3. The molecular weight excluding hydrogens is 528 g/mol. The van der Waals surface area contributed by atoms with E-state index < -0.39 is 0 Å². The van der Waals surface area contributed by atoms with E-state index in [1.165, 1.54) is 32.3 Å². The first-order valence-corrected chi connectivity index (χ1v) is 14.8. The molecule has 2 atom stereocenters. The van der Waals surface area contributed by atoms with Crippen LogP contribution in [0.3, 0.4) is 0 Å². The van der Waals surface area contributed by atoms with Gasteiger partial charge >= 0.3 is 0 Å². The highest BCUT2D eigenvalue weighted by atomic mass is 16.3. The maximum Gasteiger partial charge on any atom is 0.151 e. The molecule has 0 amide bonds. The van der Waals surface area contributed by atoms with Gasteiger partial charge in [0.05, 0.1) is 11.1 Å². The van der Waals surface area contributed by atoms with Crippen molar-refractivity contribution >= 4 is 60.9 Å². The first kappa shape index (κ1) is 24.2. The number of benzene rings is 6. The van der Waals surface area contributed by atoms with Gasteiger partial charge in [-0.3, -0.25) is 5.32 Å². The third-order valence-electron chi connectivity index (χ3n) is 8.72. The van der Waals surface area contributed by atoms with Gasteiger partial charge in [-0.25, -0.2) is 4.99 Å². The largest absolute Gasteiger partial charge is 0.454 e. The van der Waals surface area contributed by atoms with Crippen molar-refractivity contribution in [3.63, 3.8) is 0 Å². The Hall–Kier alpha value is -5.39. The average Bonchev–Trinajstić information content (AvgIpc) is 3.46. The van der Waals surface area contributed by atoms with Crippen molar-refractivity contribution in [2.45, 2.75) is 12.3 Å². The number of anilines is 1. The number of hydrogen-bond acceptors (Lipinski definition) is 5. The summed E-state index contributed by atoms with van der Waals surface area (Å²) in [5, 5.41) is 19.5. The van der Waals surface area contributed by atoms with Gasteiger partial charge in [0.25, 0.3) is 0 Å². The molecule has 2 aliphatic heterocycles. The smallest absolute Gasteiger partial charge is 0.151 e. The van der Waals surface area contributed by atoms with Gasteiger partial charge in [-0.1, -0.05) is 103 Å². The molecule has 0 saturated carbocycles. The molecule has 7 aromatic rings. The summed E-state index contributed by atoms with van der Waals surface area (Å²) in [6, 6.07) is 41.1. The van der Waals surface area contributed by atoms with Crippen LogP contribution in [0.15, 0.2) is 131 Å². The molecule has 0 aliphatic carbocycles. The predicted molar refractivity (Wildman–Crippen MR) is 177 cm³/mol. The van der Waals surface area contributed by atoms with Gasteiger partial charge in [-0.15, -0.1) is 0 Å². The second-order valence-electron chi connectivity index (χ2n) is 11.3. The summed E-state index contributed by atoms with van der Waals surface area (Å²) in [6.07, 6.45) is 3.71. The van der Waals surface area contributed by atoms with Crippen LogP contribution in [0.5, 0.6) is 0 Å². The Morgan fingerprint density at radius 1 is 0.674 bits per heavy atom. The lowest BCUT2D eigenvalue weighted by Gasteiger charge is -2.32. The molecular formula is C38H28N4O. The molecule has 43 heavy (non-hydrogen) atoms. The number of furan rings is 1. The van der Waals surface area contributed by atoms with Crippen LogP contribution in [-0.4, -0.2) is 12.4 Å². The van der Waals surface area contributed by atoms with E-state index in [0.717, 1.165) is 51.5 Å². The number of nitrogens with zero attached hydrogens (tertiary/aromatic N) is 1. The fourth-order valence-corrected chi connectivity index (χ4v) is 6.60. The standard InChI is InChI=1S/C38H28N4O/c1-2-9-26-21-27(18-14-23(26)7-1)36-40-37(28-19-17-25-16-15-24-8-3-4-10-29(24)31(25)22-28)42-38(41-36)30-11-5-12-32-34(30)35-33(43-32)13-6-20-39-35/h1-19,21-22,36-37,39-40H,20H2,(H,41,42). The van der Waals surface area contributed by atoms with Crippen LogP contribution in [-0.2, 0) is 0 Å². The molecule has 206 valence electrons.